The molecule has 16 heteroatoms. The van der Waals surface area contributed by atoms with Gasteiger partial charge in [-0.15, -0.1) is 0 Å². The van der Waals surface area contributed by atoms with Crippen LogP contribution in [0.15, 0.2) is 42.0 Å². The third kappa shape index (κ3) is 11.0. The minimum Gasteiger partial charge on any atom is -0.462 e. The molecule has 3 heterocycles. The Morgan fingerprint density at radius 3 is 2.47 bits per heavy atom. The van der Waals surface area contributed by atoms with Crippen molar-refractivity contribution in [3.8, 4) is 0 Å². The first kappa shape index (κ1) is 47.1. The van der Waals surface area contributed by atoms with Gasteiger partial charge < -0.3 is 33.6 Å². The Kier molecular flexibility index (Phi) is 15.2. The molecular formula is C46H66N4O11Si. The number of cyclic esters (lactones) is 1. The molecule has 0 radical (unpaired) electrons. The lowest BCUT2D eigenvalue weighted by Crippen LogP contribution is -2.54. The van der Waals surface area contributed by atoms with Crippen molar-refractivity contribution in [1.82, 2.24) is 15.1 Å². The van der Waals surface area contributed by atoms with Gasteiger partial charge in [0.15, 0.2) is 8.32 Å². The Labute approximate surface area is 366 Å². The van der Waals surface area contributed by atoms with Gasteiger partial charge >= 0.3 is 12.1 Å². The number of allylic oxidation sites excluding steroid dienone is 3. The third-order valence-electron chi connectivity index (χ3n) is 13.4. The van der Waals surface area contributed by atoms with Gasteiger partial charge in [0, 0.05) is 44.6 Å². The smallest absolute Gasteiger partial charge is 0.409 e. The Morgan fingerprint density at radius 1 is 1.00 bits per heavy atom. The second-order valence-corrected chi connectivity index (χ2v) is 23.8. The lowest BCUT2D eigenvalue weighted by Gasteiger charge is -2.44. The molecule has 3 aliphatic heterocycles. The van der Waals surface area contributed by atoms with Crippen LogP contribution in [-0.4, -0.2) is 125 Å². The normalized spacial score (nSPS) is 27.6. The number of esters is 1. The van der Waals surface area contributed by atoms with E-state index in [0.29, 0.717) is 58.0 Å². The van der Waals surface area contributed by atoms with Crippen LogP contribution >= 0.6 is 0 Å². The molecule has 0 saturated carbocycles. The highest BCUT2D eigenvalue weighted by atomic mass is 28.4. The van der Waals surface area contributed by atoms with Gasteiger partial charge in [0.25, 0.3) is 11.8 Å². The monoisotopic (exact) mass is 878 g/mol. The molecule has 62 heavy (non-hydrogen) atoms. The molecule has 2 aliphatic carbocycles. The molecule has 1 aromatic carbocycles. The summed E-state index contributed by atoms with van der Waals surface area (Å²) in [6.07, 6.45) is 9.17. The molecule has 2 N–H and O–H groups in total. The van der Waals surface area contributed by atoms with Crippen molar-refractivity contribution >= 4 is 49.7 Å². The van der Waals surface area contributed by atoms with Crippen molar-refractivity contribution in [3.05, 3.63) is 53.1 Å². The molecule has 340 valence electrons. The number of rotatable bonds is 17. The molecule has 2 saturated heterocycles. The van der Waals surface area contributed by atoms with Crippen LogP contribution in [0.4, 0.5) is 10.5 Å². The minimum absolute atomic E-state index is 0.0447. The first-order valence-corrected chi connectivity index (χ1v) is 25.2. The molecule has 5 aliphatic rings. The highest BCUT2D eigenvalue weighted by Gasteiger charge is 2.47. The van der Waals surface area contributed by atoms with E-state index in [2.05, 4.69) is 76.6 Å². The average Bonchev–Trinajstić information content (AvgIpc) is 3.44. The van der Waals surface area contributed by atoms with Gasteiger partial charge in [-0.2, -0.15) is 0 Å². The van der Waals surface area contributed by atoms with E-state index >= 15 is 0 Å². The fourth-order valence-corrected chi connectivity index (χ4v) is 10.4. The van der Waals surface area contributed by atoms with Crippen molar-refractivity contribution in [2.24, 2.45) is 23.7 Å². The largest absolute Gasteiger partial charge is 0.462 e. The molecule has 0 bridgehead atoms. The summed E-state index contributed by atoms with van der Waals surface area (Å²) in [6, 6.07) is 3.87. The number of hydrogen-bond acceptors (Lipinski definition) is 12. The zero-order chi connectivity index (χ0) is 44.9. The molecule has 0 aromatic heterocycles. The molecule has 8 atom stereocenters. The Balaban J connectivity index is 0.914. The average molecular weight is 879 g/mol. The van der Waals surface area contributed by atoms with E-state index in [4.69, 9.17) is 23.4 Å². The van der Waals surface area contributed by atoms with Gasteiger partial charge in [-0.05, 0) is 79.3 Å². The van der Waals surface area contributed by atoms with Crippen LogP contribution in [0.5, 0.6) is 0 Å². The standard InChI is InChI=1S/C46H66N4O11Si/c1-28-24-30-13-12-29(2)33(15-14-31-26-32(27-39(52)59-31)61-62(7,8)46(3,4)5)40(30)37(25-28)60-45(56)49(6)19-21-58-23-22-57-20-18-47-35-11-9-10-34-41(35)44(55)50(43(34)54)36-16-17-38(51)48-42(36)53/h9-13,24,28-29,31-33,36-37,40,47H,14-23,25-27H2,1-8H3,(H,48,51,53)/t28-,29-,31+,32+,33-,36?,37-,40-/m0/s1. The Hall–Kier alpha value is -4.38. The van der Waals surface area contributed by atoms with Gasteiger partial charge in [-0.3, -0.25) is 34.2 Å². The number of hydrogen-bond donors (Lipinski definition) is 2. The van der Waals surface area contributed by atoms with Crippen molar-refractivity contribution in [2.45, 2.75) is 122 Å². The van der Waals surface area contributed by atoms with Crippen molar-refractivity contribution in [1.29, 1.82) is 0 Å². The van der Waals surface area contributed by atoms with Gasteiger partial charge in [-0.25, -0.2) is 4.79 Å². The van der Waals surface area contributed by atoms with Gasteiger partial charge in [-0.1, -0.05) is 58.9 Å². The number of piperidine rings is 1. The number of ether oxygens (including phenoxy) is 4. The first-order chi connectivity index (χ1) is 29.3. The molecule has 15 nitrogen and oxygen atoms in total. The third-order valence-corrected chi connectivity index (χ3v) is 18.0. The summed E-state index contributed by atoms with van der Waals surface area (Å²) in [7, 11) is -0.338. The van der Waals surface area contributed by atoms with E-state index in [9.17, 15) is 28.8 Å². The Bertz CT molecular complexity index is 1930. The molecule has 1 unspecified atom stereocenters. The molecule has 0 spiro atoms. The number of carbonyl (C=O) groups is 6. The van der Waals surface area contributed by atoms with Crippen LogP contribution in [-0.2, 0) is 37.8 Å². The predicted molar refractivity (Wildman–Crippen MR) is 234 cm³/mol. The number of anilines is 1. The lowest BCUT2D eigenvalue weighted by molar-refractivity contribution is -0.160. The van der Waals surface area contributed by atoms with Crippen LogP contribution in [0, 0.1) is 23.7 Å². The summed E-state index contributed by atoms with van der Waals surface area (Å²) < 4.78 is 30.3. The van der Waals surface area contributed by atoms with Crippen molar-refractivity contribution in [2.75, 3.05) is 51.9 Å². The maximum atomic E-state index is 13.5. The number of fused-ring (bicyclic) bond motifs is 2. The number of imide groups is 2. The number of benzene rings is 1. The van der Waals surface area contributed by atoms with Crippen molar-refractivity contribution in [3.63, 3.8) is 0 Å². The second-order valence-electron chi connectivity index (χ2n) is 19.1. The molecule has 5 amide bonds. The van der Waals surface area contributed by atoms with E-state index in [1.54, 1.807) is 30.1 Å². The van der Waals surface area contributed by atoms with E-state index < -0.39 is 44.1 Å². The number of amides is 5. The van der Waals surface area contributed by atoms with Gasteiger partial charge in [0.2, 0.25) is 11.8 Å². The van der Waals surface area contributed by atoms with E-state index in [-0.39, 0.29) is 77.0 Å². The van der Waals surface area contributed by atoms with Gasteiger partial charge in [0.05, 0.1) is 50.1 Å². The molecular weight excluding hydrogens is 813 g/mol. The summed E-state index contributed by atoms with van der Waals surface area (Å²) in [5.74, 6) is -1.63. The molecule has 2 fully saturated rings. The first-order valence-electron chi connectivity index (χ1n) is 22.3. The number of nitrogens with one attached hydrogen (secondary N) is 2. The topological polar surface area (TPSA) is 179 Å². The maximum Gasteiger partial charge on any atom is 0.409 e. The van der Waals surface area contributed by atoms with E-state index in [1.807, 2.05) is 0 Å². The van der Waals surface area contributed by atoms with Crippen LogP contribution in [0.25, 0.3) is 0 Å². The highest BCUT2D eigenvalue weighted by Crippen LogP contribution is 2.46. The maximum absolute atomic E-state index is 13.5. The summed E-state index contributed by atoms with van der Waals surface area (Å²) in [5.41, 5.74) is 2.06. The molecule has 6 rings (SSSR count). The van der Waals surface area contributed by atoms with Crippen molar-refractivity contribution < 1.29 is 52.1 Å². The van der Waals surface area contributed by atoms with E-state index in [0.717, 1.165) is 24.2 Å². The Morgan fingerprint density at radius 2 is 1.74 bits per heavy atom. The summed E-state index contributed by atoms with van der Waals surface area (Å²) in [5, 5.41) is 5.41. The highest BCUT2D eigenvalue weighted by molar-refractivity contribution is 6.74. The predicted octanol–water partition coefficient (Wildman–Crippen LogP) is 6.25. The van der Waals surface area contributed by atoms with E-state index in [1.165, 1.54) is 5.57 Å². The summed E-state index contributed by atoms with van der Waals surface area (Å²) in [6.45, 7) is 17.3. The fourth-order valence-electron chi connectivity index (χ4n) is 9.06. The summed E-state index contributed by atoms with van der Waals surface area (Å²) >= 11 is 0. The van der Waals surface area contributed by atoms with Crippen LogP contribution in [0.3, 0.4) is 0 Å². The molecule has 1 aromatic rings. The zero-order valence-electron chi connectivity index (χ0n) is 37.7. The summed E-state index contributed by atoms with van der Waals surface area (Å²) in [4.78, 5) is 79.1. The quantitative estimate of drug-likeness (QED) is 0.0779. The number of nitrogens with zero attached hydrogens (tertiary/aromatic N) is 2. The fraction of sp³-hybridized carbons (Fsp3) is 0.652. The van der Waals surface area contributed by atoms with Crippen LogP contribution in [0.1, 0.15) is 100 Å². The SMILES string of the molecule is C[C@H]1C=C2C=C[C@H](C)[C@H](CC[C@@H]3C[C@@H](O[Si](C)(C)C(C)(C)C)CC(=O)O3)[C@H]2[C@@H](OC(=O)N(C)CCOCCOCCNc2cccc3c2C(=O)N(C2CCC(=O)NC2=O)C3=O)C1. The van der Waals surface area contributed by atoms with Crippen LogP contribution < -0.4 is 10.6 Å². The lowest BCUT2D eigenvalue weighted by atomic mass is 9.65. The zero-order valence-corrected chi connectivity index (χ0v) is 38.7. The van der Waals surface area contributed by atoms with Gasteiger partial charge in [0.1, 0.15) is 18.2 Å². The second kappa shape index (κ2) is 20.0. The number of likely N-dealkylation sites (N-methyl/N-ethyl adjacent to an activating group) is 1. The van der Waals surface area contributed by atoms with Crippen LogP contribution in [0.2, 0.25) is 18.1 Å². The number of carbonyl (C=O) groups excluding carboxylic acids is 6. The minimum atomic E-state index is -2.05.